The minimum Gasteiger partial charge on any atom is -0.323 e. The van der Waals surface area contributed by atoms with Crippen molar-refractivity contribution in [1.29, 1.82) is 0 Å². The highest BCUT2D eigenvalue weighted by Crippen LogP contribution is 2.51. The van der Waals surface area contributed by atoms with Gasteiger partial charge in [-0.05, 0) is 31.0 Å². The Balaban J connectivity index is 2.01. The van der Waals surface area contributed by atoms with Crippen molar-refractivity contribution in [2.75, 3.05) is 6.54 Å². The molecule has 0 radical (unpaired) electrons. The van der Waals surface area contributed by atoms with Crippen molar-refractivity contribution >= 4 is 18.9 Å². The molecule has 1 aromatic carbocycles. The number of hydrogen-bond donors (Lipinski definition) is 3. The van der Waals surface area contributed by atoms with Crippen LogP contribution >= 0.6 is 18.9 Å². The normalized spacial score (nSPS) is 13.3. The molecule has 0 spiro atoms. The van der Waals surface area contributed by atoms with Crippen LogP contribution in [0.15, 0.2) is 42.5 Å². The van der Waals surface area contributed by atoms with E-state index in [2.05, 4.69) is 5.32 Å². The van der Waals surface area contributed by atoms with Gasteiger partial charge in [0.25, 0.3) is 0 Å². The molecule has 0 saturated heterocycles. The molecule has 0 fully saturated rings. The summed E-state index contributed by atoms with van der Waals surface area (Å²) in [4.78, 5) is 20.7. The van der Waals surface area contributed by atoms with E-state index in [1.165, 1.54) is 11.3 Å². The number of aryl methyl sites for hydroxylation is 1. The third kappa shape index (κ3) is 4.27. The van der Waals surface area contributed by atoms with Crippen molar-refractivity contribution in [1.82, 2.24) is 5.32 Å². The zero-order valence-electron chi connectivity index (χ0n) is 11.2. The van der Waals surface area contributed by atoms with Crippen molar-refractivity contribution in [2.45, 2.75) is 19.1 Å². The van der Waals surface area contributed by atoms with E-state index in [4.69, 9.17) is 0 Å². The average molecular weight is 311 g/mol. The van der Waals surface area contributed by atoms with Crippen LogP contribution in [0.1, 0.15) is 21.1 Å². The van der Waals surface area contributed by atoms with Gasteiger partial charge < -0.3 is 9.79 Å². The lowest BCUT2D eigenvalue weighted by atomic mass is 10.1. The van der Waals surface area contributed by atoms with Crippen LogP contribution < -0.4 is 5.32 Å². The first-order chi connectivity index (χ1) is 9.47. The van der Waals surface area contributed by atoms with Crippen LogP contribution in [0.5, 0.6) is 0 Å². The summed E-state index contributed by atoms with van der Waals surface area (Å²) < 4.78 is 11.6. The summed E-state index contributed by atoms with van der Waals surface area (Å²) in [5, 5.41) is 2.99. The fourth-order valence-corrected chi connectivity index (χ4v) is 4.18. The van der Waals surface area contributed by atoms with Gasteiger partial charge >= 0.3 is 7.60 Å². The molecular formula is C14H18NO3PS. The highest BCUT2D eigenvalue weighted by atomic mass is 32.1. The van der Waals surface area contributed by atoms with Crippen LogP contribution in [0.3, 0.4) is 0 Å². The Bertz CT molecular complexity index is 593. The smallest absolute Gasteiger partial charge is 0.323 e. The second-order valence-electron chi connectivity index (χ2n) is 4.63. The van der Waals surface area contributed by atoms with Gasteiger partial charge in [-0.15, -0.1) is 11.3 Å². The lowest BCUT2D eigenvalue weighted by molar-refractivity contribution is 0.349. The maximum absolute atomic E-state index is 11.6. The lowest BCUT2D eigenvalue weighted by Crippen LogP contribution is -2.23. The van der Waals surface area contributed by atoms with Gasteiger partial charge in [-0.3, -0.25) is 9.88 Å². The Labute approximate surface area is 122 Å². The maximum Gasteiger partial charge on any atom is 0.347 e. The van der Waals surface area contributed by atoms with Gasteiger partial charge in [0.15, 0.2) is 0 Å². The molecule has 0 unspecified atom stereocenters. The zero-order chi connectivity index (χ0) is 14.6. The minimum absolute atomic E-state index is 0.525. The van der Waals surface area contributed by atoms with E-state index in [1.807, 2.05) is 43.3 Å². The van der Waals surface area contributed by atoms with Gasteiger partial charge in [-0.25, -0.2) is 0 Å². The lowest BCUT2D eigenvalue weighted by Gasteiger charge is -2.18. The number of nitrogens with one attached hydrogen (secondary N) is 1. The van der Waals surface area contributed by atoms with Gasteiger partial charge in [0.1, 0.15) is 5.78 Å². The van der Waals surface area contributed by atoms with Gasteiger partial charge in [-0.1, -0.05) is 30.3 Å². The average Bonchev–Trinajstić information content (AvgIpc) is 2.80. The highest BCUT2D eigenvalue weighted by Gasteiger charge is 2.30. The van der Waals surface area contributed by atoms with Crippen LogP contribution in [0, 0.1) is 6.92 Å². The van der Waals surface area contributed by atoms with Crippen LogP contribution in [0.25, 0.3) is 0 Å². The zero-order valence-corrected chi connectivity index (χ0v) is 12.9. The molecule has 2 rings (SSSR count). The second-order valence-corrected chi connectivity index (χ2v) is 7.64. The first-order valence-electron chi connectivity index (χ1n) is 6.35. The summed E-state index contributed by atoms with van der Waals surface area (Å²) in [7, 11) is -4.21. The summed E-state index contributed by atoms with van der Waals surface area (Å²) in [5.41, 5.74) is 1.15. The number of rotatable bonds is 6. The molecule has 0 aliphatic rings. The third-order valence-corrected chi connectivity index (χ3v) is 5.33. The molecule has 6 heteroatoms. The largest absolute Gasteiger partial charge is 0.347 e. The SMILES string of the molecule is Cc1ccc([C@@H](NCCc2ccccc2)P(=O)(O)O)s1. The summed E-state index contributed by atoms with van der Waals surface area (Å²) in [6.45, 7) is 2.45. The van der Waals surface area contributed by atoms with Gasteiger partial charge in [0.2, 0.25) is 0 Å². The van der Waals surface area contributed by atoms with E-state index < -0.39 is 13.4 Å². The maximum atomic E-state index is 11.6. The fraction of sp³-hybridized carbons (Fsp3) is 0.286. The van der Waals surface area contributed by atoms with Crippen LogP contribution in [-0.4, -0.2) is 16.3 Å². The molecule has 0 aliphatic carbocycles. The molecule has 0 amide bonds. The number of benzene rings is 1. The fourth-order valence-electron chi connectivity index (χ4n) is 1.98. The Hall–Kier alpha value is -0.970. The predicted octanol–water partition coefficient (Wildman–Crippen LogP) is 3.07. The molecule has 1 heterocycles. The van der Waals surface area contributed by atoms with Gasteiger partial charge in [-0.2, -0.15) is 0 Å². The van der Waals surface area contributed by atoms with E-state index >= 15 is 0 Å². The second kappa shape index (κ2) is 6.66. The topological polar surface area (TPSA) is 69.6 Å². The molecule has 0 bridgehead atoms. The van der Waals surface area contributed by atoms with Crippen molar-refractivity contribution in [3.05, 3.63) is 57.8 Å². The van der Waals surface area contributed by atoms with Crippen LogP contribution in [0.2, 0.25) is 0 Å². The third-order valence-electron chi connectivity index (χ3n) is 2.96. The Kier molecular flexibility index (Phi) is 5.13. The Morgan fingerprint density at radius 1 is 1.20 bits per heavy atom. The van der Waals surface area contributed by atoms with Crippen molar-refractivity contribution in [2.24, 2.45) is 0 Å². The standard InChI is InChI=1S/C14H18NO3PS/c1-11-7-8-13(20-11)14(19(16,17)18)15-10-9-12-5-3-2-4-6-12/h2-8,14-15H,9-10H2,1H3,(H2,16,17,18)/t14-/m0/s1. The number of thiophene rings is 1. The summed E-state index contributed by atoms with van der Waals surface area (Å²) in [6.07, 6.45) is 0.738. The summed E-state index contributed by atoms with van der Waals surface area (Å²) in [6, 6.07) is 13.5. The molecule has 0 aliphatic heterocycles. The first-order valence-corrected chi connectivity index (χ1v) is 8.85. The predicted molar refractivity (Wildman–Crippen MR) is 82.0 cm³/mol. The molecule has 0 saturated carbocycles. The quantitative estimate of drug-likeness (QED) is 0.717. The summed E-state index contributed by atoms with van der Waals surface area (Å²) >= 11 is 1.41. The molecule has 1 aromatic heterocycles. The van der Waals surface area contributed by atoms with E-state index in [0.717, 1.165) is 16.9 Å². The molecule has 2 aromatic rings. The van der Waals surface area contributed by atoms with E-state index in [-0.39, 0.29) is 0 Å². The van der Waals surface area contributed by atoms with Crippen LogP contribution in [0.4, 0.5) is 0 Å². The highest BCUT2D eigenvalue weighted by molar-refractivity contribution is 7.52. The van der Waals surface area contributed by atoms with E-state index in [9.17, 15) is 14.4 Å². The molecular weight excluding hydrogens is 293 g/mol. The molecule has 20 heavy (non-hydrogen) atoms. The van der Waals surface area contributed by atoms with Crippen molar-refractivity contribution in [3.8, 4) is 0 Å². The van der Waals surface area contributed by atoms with Crippen molar-refractivity contribution in [3.63, 3.8) is 0 Å². The van der Waals surface area contributed by atoms with Crippen molar-refractivity contribution < 1.29 is 14.4 Å². The summed E-state index contributed by atoms with van der Waals surface area (Å²) in [5.74, 6) is -0.912. The minimum atomic E-state index is -4.21. The van der Waals surface area contributed by atoms with Gasteiger partial charge in [0, 0.05) is 16.3 Å². The van der Waals surface area contributed by atoms with E-state index in [1.54, 1.807) is 6.07 Å². The van der Waals surface area contributed by atoms with E-state index in [0.29, 0.717) is 11.4 Å². The monoisotopic (exact) mass is 311 g/mol. The molecule has 108 valence electrons. The molecule has 1 atom stereocenters. The first kappa shape index (κ1) is 15.4. The number of hydrogen-bond acceptors (Lipinski definition) is 3. The van der Waals surface area contributed by atoms with Crippen LogP contribution in [-0.2, 0) is 11.0 Å². The molecule has 4 nitrogen and oxygen atoms in total. The molecule has 3 N–H and O–H groups in total. The Morgan fingerprint density at radius 2 is 1.90 bits per heavy atom. The van der Waals surface area contributed by atoms with Gasteiger partial charge in [0.05, 0.1) is 0 Å². The Morgan fingerprint density at radius 3 is 2.45 bits per heavy atom.